The number of ether oxygens (including phenoxy) is 2. The van der Waals surface area contributed by atoms with Crippen LogP contribution in [0.25, 0.3) is 0 Å². The van der Waals surface area contributed by atoms with E-state index in [4.69, 9.17) is 4.74 Å². The lowest BCUT2D eigenvalue weighted by Gasteiger charge is -2.33. The van der Waals surface area contributed by atoms with Crippen LogP contribution in [0, 0.1) is 0 Å². The molecule has 7 heteroatoms. The van der Waals surface area contributed by atoms with E-state index in [2.05, 4.69) is 9.72 Å². The second-order valence-corrected chi connectivity index (χ2v) is 5.68. The maximum atomic E-state index is 12.6. The Morgan fingerprint density at radius 3 is 3.00 bits per heavy atom. The number of rotatable bonds is 4. The molecular formula is C15H14N2O4S. The molecule has 0 spiro atoms. The Morgan fingerprint density at radius 2 is 2.27 bits per heavy atom. The number of fused-ring (bicyclic) bond motifs is 1. The fraction of sp³-hybridized carbons (Fsp3) is 0.267. The highest BCUT2D eigenvalue weighted by Gasteiger charge is 2.36. The Morgan fingerprint density at radius 1 is 1.45 bits per heavy atom. The quantitative estimate of drug-likeness (QED) is 0.807. The zero-order valence-corrected chi connectivity index (χ0v) is 12.7. The summed E-state index contributed by atoms with van der Waals surface area (Å²) in [4.78, 5) is 29.9. The molecule has 6 nitrogen and oxygen atoms in total. The van der Waals surface area contributed by atoms with Crippen LogP contribution in [0.2, 0.25) is 0 Å². The first-order valence-electron chi connectivity index (χ1n) is 6.71. The normalized spacial score (nSPS) is 16.9. The fourth-order valence-electron chi connectivity index (χ4n) is 2.27. The van der Waals surface area contributed by atoms with Gasteiger partial charge in [-0.15, -0.1) is 11.3 Å². The molecule has 0 N–H and O–H groups in total. The van der Waals surface area contributed by atoms with Gasteiger partial charge in [-0.3, -0.25) is 14.5 Å². The van der Waals surface area contributed by atoms with Crippen LogP contribution in [0.3, 0.4) is 0 Å². The SMILES string of the molecule is COC(=O)C[C@@H]1Oc2ccccc2N(Cc2nccs2)C1=O. The summed E-state index contributed by atoms with van der Waals surface area (Å²) in [7, 11) is 1.29. The average Bonchev–Trinajstić information content (AvgIpc) is 3.04. The van der Waals surface area contributed by atoms with Crippen molar-refractivity contribution in [2.45, 2.75) is 19.1 Å². The van der Waals surface area contributed by atoms with Crippen molar-refractivity contribution in [2.75, 3.05) is 12.0 Å². The molecule has 1 aromatic heterocycles. The second kappa shape index (κ2) is 6.15. The van der Waals surface area contributed by atoms with Gasteiger partial charge in [0.25, 0.3) is 5.91 Å². The van der Waals surface area contributed by atoms with Gasteiger partial charge in [-0.2, -0.15) is 0 Å². The molecule has 1 amide bonds. The smallest absolute Gasteiger partial charge is 0.309 e. The van der Waals surface area contributed by atoms with Gasteiger partial charge in [0.2, 0.25) is 0 Å². The van der Waals surface area contributed by atoms with E-state index in [1.54, 1.807) is 17.2 Å². The van der Waals surface area contributed by atoms with E-state index in [-0.39, 0.29) is 12.3 Å². The second-order valence-electron chi connectivity index (χ2n) is 4.70. The van der Waals surface area contributed by atoms with Gasteiger partial charge in [-0.25, -0.2) is 4.98 Å². The third kappa shape index (κ3) is 2.80. The standard InChI is InChI=1S/C15H14N2O4S/c1-20-14(18)8-12-15(19)17(9-13-16-6-7-22-13)10-4-2-3-5-11(10)21-12/h2-7,12H,8-9H2,1H3/t12-/m0/s1. The Labute approximate surface area is 131 Å². The Balaban J connectivity index is 1.91. The van der Waals surface area contributed by atoms with Crippen LogP contribution in [0.4, 0.5) is 5.69 Å². The first-order valence-corrected chi connectivity index (χ1v) is 7.59. The minimum atomic E-state index is -0.873. The highest BCUT2D eigenvalue weighted by Crippen LogP contribution is 2.35. The van der Waals surface area contributed by atoms with E-state index < -0.39 is 12.1 Å². The summed E-state index contributed by atoms with van der Waals surface area (Å²) in [5.74, 6) is -0.168. The number of para-hydroxylation sites is 2. The molecule has 0 unspecified atom stereocenters. The molecule has 1 aromatic carbocycles. The molecule has 1 atom stereocenters. The summed E-state index contributed by atoms with van der Waals surface area (Å²) in [6.45, 7) is 0.356. The van der Waals surface area contributed by atoms with Crippen molar-refractivity contribution in [1.82, 2.24) is 4.98 Å². The van der Waals surface area contributed by atoms with Gasteiger partial charge in [0.1, 0.15) is 10.8 Å². The van der Waals surface area contributed by atoms with E-state index in [1.165, 1.54) is 18.4 Å². The maximum absolute atomic E-state index is 12.6. The number of nitrogens with zero attached hydrogens (tertiary/aromatic N) is 2. The van der Waals surface area contributed by atoms with Crippen LogP contribution in [-0.4, -0.2) is 30.1 Å². The van der Waals surface area contributed by atoms with E-state index in [1.807, 2.05) is 23.6 Å². The van der Waals surface area contributed by atoms with Gasteiger partial charge >= 0.3 is 5.97 Å². The van der Waals surface area contributed by atoms with E-state index in [0.29, 0.717) is 18.0 Å². The number of amides is 1. The topological polar surface area (TPSA) is 68.7 Å². The summed E-state index contributed by atoms with van der Waals surface area (Å²) < 4.78 is 10.3. The number of anilines is 1. The van der Waals surface area contributed by atoms with Crippen molar-refractivity contribution in [1.29, 1.82) is 0 Å². The largest absolute Gasteiger partial charge is 0.478 e. The first-order chi connectivity index (χ1) is 10.7. The van der Waals surface area contributed by atoms with E-state index >= 15 is 0 Å². The molecule has 114 valence electrons. The highest BCUT2D eigenvalue weighted by molar-refractivity contribution is 7.09. The molecule has 1 aliphatic rings. The molecule has 3 rings (SSSR count). The van der Waals surface area contributed by atoms with Gasteiger partial charge in [-0.1, -0.05) is 12.1 Å². The lowest BCUT2D eigenvalue weighted by molar-refractivity contribution is -0.145. The maximum Gasteiger partial charge on any atom is 0.309 e. The number of aromatic nitrogens is 1. The summed E-state index contributed by atoms with van der Waals surface area (Å²) in [5.41, 5.74) is 0.684. The Bertz CT molecular complexity index is 687. The van der Waals surface area contributed by atoms with Gasteiger partial charge < -0.3 is 9.47 Å². The highest BCUT2D eigenvalue weighted by atomic mass is 32.1. The van der Waals surface area contributed by atoms with Crippen LogP contribution in [0.5, 0.6) is 5.75 Å². The molecule has 0 bridgehead atoms. The Hall–Kier alpha value is -2.41. The first kappa shape index (κ1) is 14.5. The molecule has 0 radical (unpaired) electrons. The van der Waals surface area contributed by atoms with Crippen molar-refractivity contribution >= 4 is 28.9 Å². The molecule has 0 aliphatic carbocycles. The lowest BCUT2D eigenvalue weighted by Crippen LogP contribution is -2.46. The number of thiazole rings is 1. The van der Waals surface area contributed by atoms with E-state index in [0.717, 1.165) is 5.01 Å². The van der Waals surface area contributed by atoms with Crippen molar-refractivity contribution in [3.8, 4) is 5.75 Å². The van der Waals surface area contributed by atoms with Crippen LogP contribution in [-0.2, 0) is 20.9 Å². The number of carbonyl (C=O) groups excluding carboxylic acids is 2. The molecule has 2 heterocycles. The average molecular weight is 318 g/mol. The number of methoxy groups -OCH3 is 1. The summed E-state index contributed by atoms with van der Waals surface area (Å²) in [6, 6.07) is 7.26. The van der Waals surface area contributed by atoms with Crippen molar-refractivity contribution in [3.05, 3.63) is 40.8 Å². The summed E-state index contributed by atoms with van der Waals surface area (Å²) >= 11 is 1.48. The van der Waals surface area contributed by atoms with Crippen molar-refractivity contribution in [2.24, 2.45) is 0 Å². The van der Waals surface area contributed by atoms with Crippen molar-refractivity contribution < 1.29 is 19.1 Å². The third-order valence-electron chi connectivity index (χ3n) is 3.32. The predicted octanol–water partition coefficient (Wildman–Crippen LogP) is 2.00. The van der Waals surface area contributed by atoms with Crippen LogP contribution in [0.15, 0.2) is 35.8 Å². The number of benzene rings is 1. The minimum Gasteiger partial charge on any atom is -0.478 e. The fourth-order valence-corrected chi connectivity index (χ4v) is 2.87. The van der Waals surface area contributed by atoms with E-state index in [9.17, 15) is 9.59 Å². The lowest BCUT2D eigenvalue weighted by atomic mass is 10.1. The number of carbonyl (C=O) groups is 2. The monoisotopic (exact) mass is 318 g/mol. The van der Waals surface area contributed by atoms with Crippen LogP contribution >= 0.6 is 11.3 Å². The zero-order valence-electron chi connectivity index (χ0n) is 11.9. The van der Waals surface area contributed by atoms with Gasteiger partial charge in [-0.05, 0) is 12.1 Å². The van der Waals surface area contributed by atoms with Crippen molar-refractivity contribution in [3.63, 3.8) is 0 Å². The molecule has 0 fully saturated rings. The summed E-state index contributed by atoms with van der Waals surface area (Å²) in [6.07, 6.45) is 0.711. The molecule has 2 aromatic rings. The number of hydrogen-bond acceptors (Lipinski definition) is 6. The zero-order chi connectivity index (χ0) is 15.5. The van der Waals surface area contributed by atoms with Crippen LogP contribution < -0.4 is 9.64 Å². The third-order valence-corrected chi connectivity index (χ3v) is 4.09. The molecule has 22 heavy (non-hydrogen) atoms. The predicted molar refractivity (Wildman–Crippen MR) is 80.8 cm³/mol. The van der Waals surface area contributed by atoms with Gasteiger partial charge in [0, 0.05) is 11.6 Å². The van der Waals surface area contributed by atoms with Gasteiger partial charge in [0.05, 0.1) is 25.8 Å². The minimum absolute atomic E-state index is 0.113. The molecule has 0 saturated heterocycles. The van der Waals surface area contributed by atoms with Gasteiger partial charge in [0.15, 0.2) is 6.10 Å². The molecular weight excluding hydrogens is 304 g/mol. The van der Waals surface area contributed by atoms with Crippen LogP contribution in [0.1, 0.15) is 11.4 Å². The number of hydrogen-bond donors (Lipinski definition) is 0. The molecule has 0 saturated carbocycles. The molecule has 1 aliphatic heterocycles. The summed E-state index contributed by atoms with van der Waals surface area (Å²) in [5, 5.41) is 2.68. The number of esters is 1. The Kier molecular flexibility index (Phi) is 4.06.